The van der Waals surface area contributed by atoms with Crippen molar-refractivity contribution in [3.8, 4) is 0 Å². The summed E-state index contributed by atoms with van der Waals surface area (Å²) in [5, 5.41) is 23.5. The normalized spacial score (nSPS) is 31.7. The average Bonchev–Trinajstić information content (AvgIpc) is 2.79. The van der Waals surface area contributed by atoms with Gasteiger partial charge in [-0.1, -0.05) is 38.2 Å². The quantitative estimate of drug-likeness (QED) is 0.272. The highest BCUT2D eigenvalue weighted by atomic mass is 16.5. The Labute approximate surface area is 212 Å². The molecule has 9 heteroatoms. The van der Waals surface area contributed by atoms with E-state index in [1.54, 1.807) is 32.1 Å². The van der Waals surface area contributed by atoms with Gasteiger partial charge in [0.25, 0.3) is 0 Å². The van der Waals surface area contributed by atoms with Crippen molar-refractivity contribution in [1.82, 2.24) is 5.32 Å². The van der Waals surface area contributed by atoms with Crippen molar-refractivity contribution >= 4 is 23.6 Å². The maximum Gasteiger partial charge on any atom is 0.331 e. The minimum Gasteiger partial charge on any atom is -0.454 e. The molecular weight excluding hydrogens is 466 g/mol. The van der Waals surface area contributed by atoms with E-state index >= 15 is 0 Å². The van der Waals surface area contributed by atoms with E-state index in [0.29, 0.717) is 18.4 Å². The van der Waals surface area contributed by atoms with Crippen molar-refractivity contribution in [2.75, 3.05) is 7.11 Å². The van der Waals surface area contributed by atoms with E-state index < -0.39 is 36.3 Å². The van der Waals surface area contributed by atoms with Crippen LogP contribution in [0.5, 0.6) is 0 Å². The van der Waals surface area contributed by atoms with Crippen LogP contribution in [0.2, 0.25) is 0 Å². The van der Waals surface area contributed by atoms with Gasteiger partial charge in [-0.05, 0) is 37.7 Å². The van der Waals surface area contributed by atoms with Gasteiger partial charge >= 0.3 is 5.97 Å². The van der Waals surface area contributed by atoms with Crippen molar-refractivity contribution in [3.63, 3.8) is 0 Å². The predicted octanol–water partition coefficient (Wildman–Crippen LogP) is 2.16. The van der Waals surface area contributed by atoms with Crippen LogP contribution in [-0.2, 0) is 28.7 Å². The Balaban J connectivity index is 2.17. The Morgan fingerprint density at radius 1 is 1.19 bits per heavy atom. The molecule has 0 aliphatic carbocycles. The standard InChI is InChI=1S/C27H39NO8/c1-16-11-17(2)27(36-25(33)10-8-6-5-7-9-22(35-4)26(16)34)18(3)21(30)15-20(29)12-19-13-23(31)28-24(32)14-19/h7-11,16,18-20,22,26-27,29,34H,5-6,12-15H2,1-4H3,(H,28,31,32)/b9-7+,10-8+,17-11-/t16-,18-,20+,22+,26+,27+/m1/s1. The number of hydrogen-bond donors (Lipinski definition) is 3. The lowest BCUT2D eigenvalue weighted by molar-refractivity contribution is -0.145. The number of methoxy groups -OCH3 is 1. The van der Waals surface area contributed by atoms with Crippen LogP contribution in [0, 0.1) is 17.8 Å². The molecule has 200 valence electrons. The molecule has 1 fully saturated rings. The number of rotatable bonds is 7. The van der Waals surface area contributed by atoms with E-state index in [1.807, 2.05) is 13.0 Å². The molecule has 0 saturated carbocycles. The second-order valence-electron chi connectivity index (χ2n) is 9.82. The number of hydrogen-bond acceptors (Lipinski definition) is 8. The van der Waals surface area contributed by atoms with Gasteiger partial charge in [-0.3, -0.25) is 19.7 Å². The van der Waals surface area contributed by atoms with E-state index in [0.717, 1.165) is 0 Å². The molecule has 0 aromatic heterocycles. The van der Waals surface area contributed by atoms with Crippen LogP contribution < -0.4 is 5.32 Å². The number of carbonyl (C=O) groups excluding carboxylic acids is 4. The maximum atomic E-state index is 13.1. The first-order valence-corrected chi connectivity index (χ1v) is 12.5. The van der Waals surface area contributed by atoms with Crippen molar-refractivity contribution in [2.24, 2.45) is 17.8 Å². The lowest BCUT2D eigenvalue weighted by Crippen LogP contribution is -2.40. The van der Waals surface area contributed by atoms with Crippen LogP contribution in [-0.4, -0.2) is 65.3 Å². The number of aliphatic hydroxyl groups excluding tert-OH is 2. The predicted molar refractivity (Wildman–Crippen MR) is 132 cm³/mol. The summed E-state index contributed by atoms with van der Waals surface area (Å²) in [7, 11) is 1.52. The molecule has 0 aromatic carbocycles. The lowest BCUT2D eigenvalue weighted by atomic mass is 9.85. The molecule has 0 spiro atoms. The first kappa shape index (κ1) is 29.6. The van der Waals surface area contributed by atoms with Gasteiger partial charge in [0.15, 0.2) is 0 Å². The molecule has 6 atom stereocenters. The summed E-state index contributed by atoms with van der Waals surface area (Å²) in [6.45, 7) is 5.19. The Morgan fingerprint density at radius 2 is 1.83 bits per heavy atom. The topological polar surface area (TPSA) is 139 Å². The number of imide groups is 1. The fourth-order valence-electron chi connectivity index (χ4n) is 4.67. The maximum absolute atomic E-state index is 13.1. The Morgan fingerprint density at radius 3 is 2.47 bits per heavy atom. The molecule has 2 heterocycles. The molecule has 2 rings (SSSR count). The van der Waals surface area contributed by atoms with Crippen molar-refractivity contribution in [3.05, 3.63) is 36.0 Å². The van der Waals surface area contributed by atoms with Crippen LogP contribution in [0.15, 0.2) is 36.0 Å². The molecule has 0 unspecified atom stereocenters. The zero-order valence-corrected chi connectivity index (χ0v) is 21.5. The molecule has 0 aromatic rings. The van der Waals surface area contributed by atoms with Crippen LogP contribution in [0.1, 0.15) is 59.3 Å². The smallest absolute Gasteiger partial charge is 0.331 e. The molecule has 0 radical (unpaired) electrons. The van der Waals surface area contributed by atoms with E-state index in [4.69, 9.17) is 9.47 Å². The number of amides is 2. The number of aliphatic hydroxyl groups is 2. The van der Waals surface area contributed by atoms with E-state index in [-0.39, 0.29) is 55.1 Å². The number of nitrogens with one attached hydrogen (secondary N) is 1. The molecule has 36 heavy (non-hydrogen) atoms. The van der Waals surface area contributed by atoms with Gasteiger partial charge in [0.05, 0.1) is 18.1 Å². The fourth-order valence-corrected chi connectivity index (χ4v) is 4.67. The van der Waals surface area contributed by atoms with Crippen molar-refractivity contribution in [2.45, 2.75) is 83.7 Å². The summed E-state index contributed by atoms with van der Waals surface area (Å²) in [5.41, 5.74) is 0.601. The molecule has 2 aliphatic heterocycles. The summed E-state index contributed by atoms with van der Waals surface area (Å²) < 4.78 is 11.1. The molecule has 0 bridgehead atoms. The third-order valence-corrected chi connectivity index (χ3v) is 6.68. The summed E-state index contributed by atoms with van der Waals surface area (Å²) in [5.74, 6) is -3.10. The van der Waals surface area contributed by atoms with Gasteiger partial charge in [0.1, 0.15) is 18.0 Å². The number of Topliss-reactive ketones (excluding diaryl/α,β-unsaturated/α-hetero) is 1. The van der Waals surface area contributed by atoms with E-state index in [9.17, 15) is 29.4 Å². The lowest BCUT2D eigenvalue weighted by Gasteiger charge is -2.28. The monoisotopic (exact) mass is 505 g/mol. The zero-order chi connectivity index (χ0) is 26.8. The highest BCUT2D eigenvalue weighted by Gasteiger charge is 2.33. The van der Waals surface area contributed by atoms with Gasteiger partial charge in [-0.25, -0.2) is 4.79 Å². The number of esters is 1. The zero-order valence-electron chi connectivity index (χ0n) is 21.5. The van der Waals surface area contributed by atoms with Gasteiger partial charge in [-0.15, -0.1) is 0 Å². The molecule has 9 nitrogen and oxygen atoms in total. The first-order chi connectivity index (χ1) is 17.0. The number of ketones is 1. The van der Waals surface area contributed by atoms with Crippen molar-refractivity contribution in [1.29, 1.82) is 0 Å². The van der Waals surface area contributed by atoms with Gasteiger partial charge < -0.3 is 19.7 Å². The van der Waals surface area contributed by atoms with Gasteiger partial charge in [0.2, 0.25) is 11.8 Å². The molecule has 2 amide bonds. The first-order valence-electron chi connectivity index (χ1n) is 12.5. The van der Waals surface area contributed by atoms with Crippen molar-refractivity contribution < 1.29 is 38.9 Å². The van der Waals surface area contributed by atoms with E-state index in [2.05, 4.69) is 5.32 Å². The van der Waals surface area contributed by atoms with Crippen LogP contribution in [0.4, 0.5) is 0 Å². The molecule has 2 aliphatic rings. The molecular formula is C27H39NO8. The minimum absolute atomic E-state index is 0.124. The highest BCUT2D eigenvalue weighted by molar-refractivity contribution is 5.97. The summed E-state index contributed by atoms with van der Waals surface area (Å²) >= 11 is 0. The molecule has 1 saturated heterocycles. The Hall–Kier alpha value is -2.62. The fraction of sp³-hybridized carbons (Fsp3) is 0.630. The summed E-state index contributed by atoms with van der Waals surface area (Å²) in [6.07, 6.45) is 6.66. The van der Waals surface area contributed by atoms with Crippen LogP contribution in [0.25, 0.3) is 0 Å². The Bertz CT molecular complexity index is 876. The van der Waals surface area contributed by atoms with E-state index in [1.165, 1.54) is 13.2 Å². The Kier molecular flexibility index (Phi) is 11.7. The number of piperidine rings is 1. The second-order valence-corrected chi connectivity index (χ2v) is 9.82. The number of carbonyl (C=O) groups is 4. The van der Waals surface area contributed by atoms with Gasteiger partial charge in [0, 0.05) is 38.4 Å². The summed E-state index contributed by atoms with van der Waals surface area (Å²) in [6, 6.07) is 0. The average molecular weight is 506 g/mol. The number of allylic oxidation sites excluding steroid dienone is 2. The van der Waals surface area contributed by atoms with Crippen LogP contribution >= 0.6 is 0 Å². The molecule has 3 N–H and O–H groups in total. The highest BCUT2D eigenvalue weighted by Crippen LogP contribution is 2.26. The summed E-state index contributed by atoms with van der Waals surface area (Å²) in [4.78, 5) is 48.7. The van der Waals surface area contributed by atoms with Gasteiger partial charge in [-0.2, -0.15) is 0 Å². The SMILES string of the molecule is CO[C@H]1/C=C/CC/C=C/C(=O)O[C@H]([C@H](C)C(=O)C[C@@H](O)CC2CC(=O)NC(=O)C2)/C(C)=C\[C@@H](C)[C@@H]1O. The van der Waals surface area contributed by atoms with Crippen LogP contribution in [0.3, 0.4) is 0 Å². The third kappa shape index (κ3) is 9.11. The minimum atomic E-state index is -1.03. The second kappa shape index (κ2) is 14.2. The number of ether oxygens (including phenoxy) is 2. The third-order valence-electron chi connectivity index (χ3n) is 6.68. The largest absolute Gasteiger partial charge is 0.454 e. The number of cyclic esters (lactones) is 1.